The molecule has 0 amide bonds. The van der Waals surface area contributed by atoms with Crippen LogP contribution in [0.15, 0.2) is 16.6 Å². The SMILES string of the molecule is Fc1cc(Br)cc2c(Cl)nc(C(F)(F)C(F)(F)F)nc12. The van der Waals surface area contributed by atoms with Gasteiger partial charge in [-0.05, 0) is 12.1 Å². The van der Waals surface area contributed by atoms with Gasteiger partial charge in [0.2, 0.25) is 5.82 Å². The third kappa shape index (κ3) is 2.44. The lowest BCUT2D eigenvalue weighted by Gasteiger charge is -2.18. The first-order valence-corrected chi connectivity index (χ1v) is 5.98. The number of hydrogen-bond acceptors (Lipinski definition) is 2. The number of alkyl halides is 5. The van der Waals surface area contributed by atoms with E-state index in [0.717, 1.165) is 6.07 Å². The maximum atomic E-state index is 13.6. The van der Waals surface area contributed by atoms with Gasteiger partial charge in [0.1, 0.15) is 10.7 Å². The summed E-state index contributed by atoms with van der Waals surface area (Å²) in [5, 5.41) is -0.880. The highest BCUT2D eigenvalue weighted by Gasteiger charge is 2.61. The predicted octanol–water partition coefficient (Wildman–Crippen LogP) is 4.84. The van der Waals surface area contributed by atoms with Crippen LogP contribution in [0.1, 0.15) is 5.82 Å². The summed E-state index contributed by atoms with van der Waals surface area (Å²) in [6.45, 7) is 0. The predicted molar refractivity (Wildman–Crippen MR) is 62.2 cm³/mol. The van der Waals surface area contributed by atoms with E-state index in [1.165, 1.54) is 6.07 Å². The van der Waals surface area contributed by atoms with Gasteiger partial charge in [-0.1, -0.05) is 27.5 Å². The van der Waals surface area contributed by atoms with Crippen molar-refractivity contribution in [3.8, 4) is 0 Å². The van der Waals surface area contributed by atoms with E-state index in [4.69, 9.17) is 11.6 Å². The average molecular weight is 379 g/mol. The molecular weight excluding hydrogens is 377 g/mol. The van der Waals surface area contributed by atoms with E-state index in [1.807, 2.05) is 0 Å². The molecule has 0 radical (unpaired) electrons. The monoisotopic (exact) mass is 378 g/mol. The Morgan fingerprint density at radius 2 is 1.65 bits per heavy atom. The van der Waals surface area contributed by atoms with Crippen molar-refractivity contribution in [1.29, 1.82) is 0 Å². The van der Waals surface area contributed by atoms with E-state index in [2.05, 4.69) is 25.9 Å². The number of rotatable bonds is 1. The van der Waals surface area contributed by atoms with E-state index in [-0.39, 0.29) is 9.86 Å². The summed E-state index contributed by atoms with van der Waals surface area (Å²) < 4.78 is 76.8. The van der Waals surface area contributed by atoms with Gasteiger partial charge < -0.3 is 0 Å². The Kier molecular flexibility index (Phi) is 3.62. The number of fused-ring (bicyclic) bond motifs is 1. The lowest BCUT2D eigenvalue weighted by atomic mass is 10.2. The van der Waals surface area contributed by atoms with Gasteiger partial charge >= 0.3 is 12.1 Å². The quantitative estimate of drug-likeness (QED) is 0.523. The molecule has 2 nitrogen and oxygen atoms in total. The first-order valence-electron chi connectivity index (χ1n) is 4.81. The van der Waals surface area contributed by atoms with Crippen molar-refractivity contribution in [1.82, 2.24) is 9.97 Å². The summed E-state index contributed by atoms with van der Waals surface area (Å²) >= 11 is 8.45. The normalized spacial score (nSPS) is 13.0. The minimum atomic E-state index is -5.91. The number of halogens is 8. The number of hydrogen-bond donors (Lipinski definition) is 0. The zero-order valence-electron chi connectivity index (χ0n) is 9.07. The highest BCUT2D eigenvalue weighted by Crippen LogP contribution is 2.43. The topological polar surface area (TPSA) is 25.8 Å². The lowest BCUT2D eigenvalue weighted by Crippen LogP contribution is -2.35. The van der Waals surface area contributed by atoms with Gasteiger partial charge in [-0.25, -0.2) is 14.4 Å². The van der Waals surface area contributed by atoms with E-state index < -0.39 is 34.4 Å². The molecule has 0 aliphatic heterocycles. The minimum Gasteiger partial charge on any atom is -0.223 e. The van der Waals surface area contributed by atoms with Crippen LogP contribution in [0.5, 0.6) is 0 Å². The number of nitrogens with zero attached hydrogens (tertiary/aromatic N) is 2. The molecule has 108 valence electrons. The van der Waals surface area contributed by atoms with Crippen LogP contribution in [0.4, 0.5) is 26.3 Å². The Balaban J connectivity index is 2.77. The fraction of sp³-hybridized carbons (Fsp3) is 0.200. The maximum Gasteiger partial charge on any atom is 0.461 e. The van der Waals surface area contributed by atoms with E-state index in [0.29, 0.717) is 0 Å². The molecule has 10 heteroatoms. The number of aromatic nitrogens is 2. The Hall–Kier alpha value is -1.09. The van der Waals surface area contributed by atoms with Crippen molar-refractivity contribution in [2.75, 3.05) is 0 Å². The largest absolute Gasteiger partial charge is 0.461 e. The fourth-order valence-electron chi connectivity index (χ4n) is 1.39. The average Bonchev–Trinajstić information content (AvgIpc) is 2.28. The molecule has 2 aromatic rings. The maximum absolute atomic E-state index is 13.6. The summed E-state index contributed by atoms with van der Waals surface area (Å²) in [4.78, 5) is 5.87. The molecule has 20 heavy (non-hydrogen) atoms. The van der Waals surface area contributed by atoms with E-state index >= 15 is 0 Å². The van der Waals surface area contributed by atoms with Crippen LogP contribution in [0.25, 0.3) is 10.9 Å². The van der Waals surface area contributed by atoms with Crippen LogP contribution in [-0.2, 0) is 5.92 Å². The summed E-state index contributed by atoms with van der Waals surface area (Å²) in [5.41, 5.74) is -0.716. The second-order valence-electron chi connectivity index (χ2n) is 3.69. The highest BCUT2D eigenvalue weighted by molar-refractivity contribution is 9.10. The third-order valence-electron chi connectivity index (χ3n) is 2.31. The Labute approximate surface area is 120 Å². The van der Waals surface area contributed by atoms with Gasteiger partial charge in [0.05, 0.1) is 0 Å². The molecule has 1 heterocycles. The van der Waals surface area contributed by atoms with Crippen molar-refractivity contribution < 1.29 is 26.3 Å². The first kappa shape index (κ1) is 15.3. The van der Waals surface area contributed by atoms with Gasteiger partial charge in [0.25, 0.3) is 0 Å². The van der Waals surface area contributed by atoms with Crippen LogP contribution in [0.3, 0.4) is 0 Å². The molecule has 0 saturated carbocycles. The summed E-state index contributed by atoms with van der Waals surface area (Å²) in [7, 11) is 0. The van der Waals surface area contributed by atoms with Gasteiger partial charge in [-0.2, -0.15) is 22.0 Å². The van der Waals surface area contributed by atoms with Crippen molar-refractivity contribution in [2.24, 2.45) is 0 Å². The van der Waals surface area contributed by atoms with E-state index in [9.17, 15) is 26.3 Å². The molecule has 1 aromatic carbocycles. The van der Waals surface area contributed by atoms with Gasteiger partial charge in [0.15, 0.2) is 5.82 Å². The second kappa shape index (κ2) is 4.73. The Bertz CT molecular complexity index is 687. The molecule has 0 N–H and O–H groups in total. The molecule has 1 aromatic heterocycles. The Morgan fingerprint density at radius 3 is 2.20 bits per heavy atom. The summed E-state index contributed by atoms with van der Waals surface area (Å²) in [6, 6.07) is 2.07. The molecular formula is C10H2BrClF6N2. The zero-order valence-corrected chi connectivity index (χ0v) is 11.4. The van der Waals surface area contributed by atoms with Crippen molar-refractivity contribution in [3.05, 3.63) is 33.4 Å². The molecule has 0 atom stereocenters. The summed E-state index contributed by atoms with van der Waals surface area (Å²) in [5.74, 6) is -8.33. The van der Waals surface area contributed by atoms with Crippen molar-refractivity contribution in [3.63, 3.8) is 0 Å². The van der Waals surface area contributed by atoms with Crippen LogP contribution in [-0.4, -0.2) is 16.1 Å². The van der Waals surface area contributed by atoms with Gasteiger partial charge in [0, 0.05) is 9.86 Å². The zero-order chi connectivity index (χ0) is 15.3. The van der Waals surface area contributed by atoms with Crippen LogP contribution in [0, 0.1) is 5.82 Å². The molecule has 0 aliphatic carbocycles. The third-order valence-corrected chi connectivity index (χ3v) is 3.06. The van der Waals surface area contributed by atoms with Crippen molar-refractivity contribution in [2.45, 2.75) is 12.1 Å². The fourth-order valence-corrected chi connectivity index (χ4v) is 2.04. The summed E-state index contributed by atoms with van der Waals surface area (Å²) in [6.07, 6.45) is -5.91. The van der Waals surface area contributed by atoms with Crippen molar-refractivity contribution >= 4 is 38.4 Å². The molecule has 0 spiro atoms. The van der Waals surface area contributed by atoms with Crippen LogP contribution >= 0.6 is 27.5 Å². The second-order valence-corrected chi connectivity index (χ2v) is 4.97. The smallest absolute Gasteiger partial charge is 0.223 e. The Morgan fingerprint density at radius 1 is 1.05 bits per heavy atom. The first-order chi connectivity index (χ1) is 9.04. The number of benzene rings is 1. The van der Waals surface area contributed by atoms with Crippen LogP contribution < -0.4 is 0 Å². The van der Waals surface area contributed by atoms with E-state index in [1.54, 1.807) is 0 Å². The lowest BCUT2D eigenvalue weighted by molar-refractivity contribution is -0.292. The van der Waals surface area contributed by atoms with Crippen LogP contribution in [0.2, 0.25) is 5.15 Å². The van der Waals surface area contributed by atoms with Gasteiger partial charge in [-0.15, -0.1) is 0 Å². The molecule has 0 aliphatic rings. The molecule has 0 fully saturated rings. The minimum absolute atomic E-state index is 0.180. The highest BCUT2D eigenvalue weighted by atomic mass is 79.9. The molecule has 0 bridgehead atoms. The van der Waals surface area contributed by atoms with Gasteiger partial charge in [-0.3, -0.25) is 0 Å². The molecule has 0 saturated heterocycles. The standard InChI is InChI=1S/C10H2BrClF6N2/c11-3-1-4-6(5(13)2-3)19-8(20-7(4)12)9(14,15)10(16,17)18/h1-2H. The molecule has 2 rings (SSSR count). The molecule has 0 unspecified atom stereocenters.